The summed E-state index contributed by atoms with van der Waals surface area (Å²) >= 11 is 0. The lowest BCUT2D eigenvalue weighted by Gasteiger charge is -2.31. The molecule has 0 spiro atoms. The third-order valence-electron chi connectivity index (χ3n) is 16.1. The highest BCUT2D eigenvalue weighted by molar-refractivity contribution is 6.21. The van der Waals surface area contributed by atoms with E-state index < -0.39 is 0 Å². The summed E-state index contributed by atoms with van der Waals surface area (Å²) in [7, 11) is 0. The normalized spacial score (nSPS) is 12.8. The first kappa shape index (κ1) is 46.2. The second kappa shape index (κ2) is 19.2. The number of benzene rings is 9. The van der Waals surface area contributed by atoms with Crippen LogP contribution in [0.2, 0.25) is 0 Å². The SMILES string of the molecule is C=Cc1c(CCC)n2c3cccc(-c4ccc(-c5c(C)cc(N(c6ccc(-c7ccccc7)cc6)c6ccc(-c7cccc(-c8ccccc8C)c7C7CCC7)cc6)cc5C)c(CCC)c4)c3c3cccc1c32. The lowest BCUT2D eigenvalue weighted by atomic mass is 9.74. The predicted molar refractivity (Wildman–Crippen MR) is 314 cm³/mol. The van der Waals surface area contributed by atoms with Crippen LogP contribution < -0.4 is 4.90 Å². The molecule has 2 nitrogen and oxygen atoms in total. The van der Waals surface area contributed by atoms with Gasteiger partial charge >= 0.3 is 0 Å². The van der Waals surface area contributed by atoms with E-state index in [-0.39, 0.29) is 0 Å². The average molecular weight is 945 g/mol. The number of nitrogens with zero attached hydrogens (tertiary/aromatic N) is 2. The van der Waals surface area contributed by atoms with Crippen molar-refractivity contribution in [3.63, 3.8) is 0 Å². The van der Waals surface area contributed by atoms with E-state index in [1.807, 2.05) is 0 Å². The fraction of sp³-hybridized carbons (Fsp3) is 0.183. The summed E-state index contributed by atoms with van der Waals surface area (Å²) in [5, 5.41) is 3.95. The van der Waals surface area contributed by atoms with Crippen LogP contribution in [0, 0.1) is 20.8 Å². The summed E-state index contributed by atoms with van der Waals surface area (Å²) in [6.45, 7) is 15.7. The molecule has 0 aliphatic heterocycles. The average Bonchev–Trinajstić information content (AvgIpc) is 3.92. The molecular formula is C71H64N2. The van der Waals surface area contributed by atoms with Gasteiger partial charge in [-0.15, -0.1) is 0 Å². The number of rotatable bonds is 14. The molecule has 358 valence electrons. The highest BCUT2D eigenvalue weighted by Gasteiger charge is 2.27. The van der Waals surface area contributed by atoms with E-state index >= 15 is 0 Å². The Morgan fingerprint density at radius 2 is 1.11 bits per heavy atom. The molecule has 12 rings (SSSR count). The Morgan fingerprint density at radius 1 is 0.507 bits per heavy atom. The highest BCUT2D eigenvalue weighted by atomic mass is 15.1. The number of anilines is 3. The molecule has 2 heteroatoms. The van der Waals surface area contributed by atoms with Crippen LogP contribution >= 0.6 is 0 Å². The quantitative estimate of drug-likeness (QED) is 0.105. The number of para-hydroxylation sites is 1. The second-order valence-electron chi connectivity index (χ2n) is 20.6. The van der Waals surface area contributed by atoms with Gasteiger partial charge in [-0.2, -0.15) is 0 Å². The van der Waals surface area contributed by atoms with Crippen LogP contribution in [0.3, 0.4) is 0 Å². The van der Waals surface area contributed by atoms with Crippen molar-refractivity contribution in [1.29, 1.82) is 0 Å². The molecule has 11 aromatic rings. The predicted octanol–water partition coefficient (Wildman–Crippen LogP) is 20.2. The van der Waals surface area contributed by atoms with Gasteiger partial charge in [0.2, 0.25) is 0 Å². The monoisotopic (exact) mass is 945 g/mol. The van der Waals surface area contributed by atoms with Crippen molar-refractivity contribution in [3.8, 4) is 55.6 Å². The van der Waals surface area contributed by atoms with Crippen LogP contribution in [0.25, 0.3) is 88.9 Å². The van der Waals surface area contributed by atoms with E-state index in [9.17, 15) is 0 Å². The summed E-state index contributed by atoms with van der Waals surface area (Å²) in [5.74, 6) is 0.580. The zero-order valence-corrected chi connectivity index (χ0v) is 43.1. The second-order valence-corrected chi connectivity index (χ2v) is 20.6. The molecule has 0 N–H and O–H groups in total. The van der Waals surface area contributed by atoms with Gasteiger partial charge in [-0.3, -0.25) is 0 Å². The van der Waals surface area contributed by atoms with Gasteiger partial charge in [0.05, 0.1) is 11.0 Å². The minimum atomic E-state index is 0.580. The van der Waals surface area contributed by atoms with E-state index in [2.05, 4.69) is 245 Å². The standard InChI is InChI=1S/C71H64N2/c1-7-19-53-45-54(61-28-18-32-67-70(61)65-31-17-30-64-58(9-3)66(20-8-2)73(67)71(64)65)37-42-62(53)68-47(5)43-57(44-48(68)6)72(55-38-33-50(34-39-55)49-22-11-10-12-23-49)56-40-35-51(36-41-56)60-27-16-29-63(69(60)52-24-15-25-52)59-26-14-13-21-46(59)4/h9-14,16-18,21-23,26-45,52H,3,7-8,15,19-20,24-25H2,1-2,4-6H3. The Bertz CT molecular complexity index is 3800. The van der Waals surface area contributed by atoms with Crippen molar-refractivity contribution < 1.29 is 0 Å². The largest absolute Gasteiger partial charge is 0.312 e. The molecule has 0 amide bonds. The Hall–Kier alpha value is -7.94. The van der Waals surface area contributed by atoms with Gasteiger partial charge in [0.1, 0.15) is 0 Å². The molecule has 0 saturated heterocycles. The molecule has 0 bridgehead atoms. The zero-order valence-electron chi connectivity index (χ0n) is 43.1. The zero-order chi connectivity index (χ0) is 49.7. The van der Waals surface area contributed by atoms with Gasteiger partial charge in [0.25, 0.3) is 0 Å². The molecule has 1 fully saturated rings. The molecule has 0 atom stereocenters. The molecule has 9 aromatic carbocycles. The van der Waals surface area contributed by atoms with Crippen molar-refractivity contribution in [2.45, 2.75) is 85.5 Å². The Balaban J connectivity index is 0.950. The van der Waals surface area contributed by atoms with Crippen molar-refractivity contribution in [3.05, 3.63) is 234 Å². The van der Waals surface area contributed by atoms with Crippen molar-refractivity contribution in [2.24, 2.45) is 0 Å². The highest BCUT2D eigenvalue weighted by Crippen LogP contribution is 2.48. The van der Waals surface area contributed by atoms with E-state index in [4.69, 9.17) is 0 Å². The maximum atomic E-state index is 4.26. The molecular weight excluding hydrogens is 881 g/mol. The lowest BCUT2D eigenvalue weighted by Crippen LogP contribution is -2.12. The topological polar surface area (TPSA) is 7.65 Å². The number of hydrogen-bond donors (Lipinski definition) is 0. The Labute approximate surface area is 432 Å². The van der Waals surface area contributed by atoms with Gasteiger partial charge in [-0.1, -0.05) is 191 Å². The minimum Gasteiger partial charge on any atom is -0.312 e. The fourth-order valence-electron chi connectivity index (χ4n) is 12.6. The first-order valence-corrected chi connectivity index (χ1v) is 26.8. The summed E-state index contributed by atoms with van der Waals surface area (Å²) in [5.41, 5.74) is 28.4. The van der Waals surface area contributed by atoms with Crippen molar-refractivity contribution in [2.75, 3.05) is 4.90 Å². The van der Waals surface area contributed by atoms with E-state index in [1.165, 1.54) is 141 Å². The number of aryl methyl sites for hydroxylation is 5. The molecule has 1 aliphatic rings. The van der Waals surface area contributed by atoms with Gasteiger partial charge in [0, 0.05) is 44.5 Å². The van der Waals surface area contributed by atoms with Gasteiger partial charge in [0.15, 0.2) is 0 Å². The molecule has 0 unspecified atom stereocenters. The molecule has 73 heavy (non-hydrogen) atoms. The Kier molecular flexibility index (Phi) is 12.2. The van der Waals surface area contributed by atoms with Crippen molar-refractivity contribution in [1.82, 2.24) is 4.40 Å². The first-order chi connectivity index (χ1) is 35.8. The fourth-order valence-corrected chi connectivity index (χ4v) is 12.6. The van der Waals surface area contributed by atoms with Gasteiger partial charge < -0.3 is 9.30 Å². The first-order valence-electron chi connectivity index (χ1n) is 26.8. The third-order valence-corrected chi connectivity index (χ3v) is 16.1. The molecule has 1 saturated carbocycles. The van der Waals surface area contributed by atoms with E-state index in [1.54, 1.807) is 0 Å². The van der Waals surface area contributed by atoms with Crippen LogP contribution in [-0.4, -0.2) is 4.40 Å². The Morgan fingerprint density at radius 3 is 1.79 bits per heavy atom. The smallest absolute Gasteiger partial charge is 0.0617 e. The van der Waals surface area contributed by atoms with E-state index in [0.29, 0.717) is 5.92 Å². The number of fused-ring (bicyclic) bond motifs is 3. The summed E-state index contributed by atoms with van der Waals surface area (Å²) in [6.07, 6.45) is 10.0. The maximum Gasteiger partial charge on any atom is 0.0617 e. The van der Waals surface area contributed by atoms with Crippen LogP contribution in [0.1, 0.15) is 90.9 Å². The lowest BCUT2D eigenvalue weighted by molar-refractivity contribution is 0.421. The number of hydrogen-bond acceptors (Lipinski definition) is 1. The summed E-state index contributed by atoms with van der Waals surface area (Å²) in [4.78, 5) is 2.45. The number of aromatic nitrogens is 1. The van der Waals surface area contributed by atoms with Gasteiger partial charge in [-0.25, -0.2) is 0 Å². The molecule has 2 aromatic heterocycles. The third kappa shape index (κ3) is 7.96. The van der Waals surface area contributed by atoms with Crippen molar-refractivity contribution >= 4 is 50.3 Å². The molecule has 1 aliphatic carbocycles. The van der Waals surface area contributed by atoms with Crippen LogP contribution in [-0.2, 0) is 12.8 Å². The molecule has 0 radical (unpaired) electrons. The van der Waals surface area contributed by atoms with Gasteiger partial charge in [-0.05, 0) is 178 Å². The minimum absolute atomic E-state index is 0.580. The molecule has 2 heterocycles. The maximum absolute atomic E-state index is 4.26. The van der Waals surface area contributed by atoms with Crippen LogP contribution in [0.5, 0.6) is 0 Å². The summed E-state index contributed by atoms with van der Waals surface area (Å²) < 4.78 is 2.53. The van der Waals surface area contributed by atoms with Crippen LogP contribution in [0.15, 0.2) is 195 Å². The van der Waals surface area contributed by atoms with E-state index in [0.717, 1.165) is 42.7 Å². The van der Waals surface area contributed by atoms with Crippen LogP contribution in [0.4, 0.5) is 17.1 Å². The summed E-state index contributed by atoms with van der Waals surface area (Å²) in [6, 6.07) is 70.8.